The highest BCUT2D eigenvalue weighted by Gasteiger charge is 2.14. The van der Waals surface area contributed by atoms with E-state index in [9.17, 15) is 0 Å². The number of fused-ring (bicyclic) bond motifs is 1. The zero-order valence-corrected chi connectivity index (χ0v) is 13.2. The first-order valence-corrected chi connectivity index (χ1v) is 7.42. The number of anilines is 2. The Morgan fingerprint density at radius 2 is 1.95 bits per heavy atom. The summed E-state index contributed by atoms with van der Waals surface area (Å²) in [6, 6.07) is 9.46. The van der Waals surface area contributed by atoms with Gasteiger partial charge >= 0.3 is 0 Å². The molecule has 0 fully saturated rings. The van der Waals surface area contributed by atoms with Gasteiger partial charge in [-0.3, -0.25) is 0 Å². The molecular formula is C15H17ClN6. The molecule has 0 bridgehead atoms. The van der Waals surface area contributed by atoms with Crippen molar-refractivity contribution < 1.29 is 0 Å². The van der Waals surface area contributed by atoms with Crippen LogP contribution in [0, 0.1) is 0 Å². The van der Waals surface area contributed by atoms with E-state index in [0.717, 1.165) is 22.8 Å². The lowest BCUT2D eigenvalue weighted by Gasteiger charge is -2.09. The average molecular weight is 317 g/mol. The smallest absolute Gasteiger partial charge is 0.201 e. The number of halogens is 1. The highest BCUT2D eigenvalue weighted by Crippen LogP contribution is 2.22. The second-order valence-electron chi connectivity index (χ2n) is 5.42. The molecule has 2 aromatic heterocycles. The Hall–Kier alpha value is -2.34. The number of benzene rings is 1. The first-order valence-electron chi connectivity index (χ1n) is 7.04. The molecule has 6 nitrogen and oxygen atoms in total. The van der Waals surface area contributed by atoms with Crippen molar-refractivity contribution >= 4 is 28.6 Å². The van der Waals surface area contributed by atoms with Gasteiger partial charge in [0.25, 0.3) is 0 Å². The van der Waals surface area contributed by atoms with Gasteiger partial charge in [0, 0.05) is 24.2 Å². The number of hydrogen-bond acceptors (Lipinski definition) is 5. The Morgan fingerprint density at radius 1 is 1.23 bits per heavy atom. The van der Waals surface area contributed by atoms with Crippen LogP contribution in [0.1, 0.15) is 31.2 Å². The molecule has 114 valence electrons. The third-order valence-electron chi connectivity index (χ3n) is 3.34. The van der Waals surface area contributed by atoms with E-state index < -0.39 is 0 Å². The third-order valence-corrected chi connectivity index (χ3v) is 3.53. The summed E-state index contributed by atoms with van der Waals surface area (Å²) in [7, 11) is 0. The van der Waals surface area contributed by atoms with Gasteiger partial charge in [0.05, 0.1) is 5.69 Å². The summed E-state index contributed by atoms with van der Waals surface area (Å²) in [5.41, 5.74) is 9.03. The van der Waals surface area contributed by atoms with Crippen molar-refractivity contribution in [3.63, 3.8) is 0 Å². The van der Waals surface area contributed by atoms with Crippen LogP contribution in [0.4, 0.5) is 11.4 Å². The number of nitrogens with one attached hydrogen (secondary N) is 1. The lowest BCUT2D eigenvalue weighted by Crippen LogP contribution is -2.05. The predicted molar refractivity (Wildman–Crippen MR) is 88.1 cm³/mol. The summed E-state index contributed by atoms with van der Waals surface area (Å²) >= 11 is 6.12. The molecule has 3 rings (SSSR count). The van der Waals surface area contributed by atoms with Crippen LogP contribution >= 0.6 is 11.6 Å². The summed E-state index contributed by atoms with van der Waals surface area (Å²) in [5.74, 6) is 0.999. The Kier molecular flexibility index (Phi) is 3.85. The molecule has 0 atom stereocenters. The van der Waals surface area contributed by atoms with E-state index >= 15 is 0 Å². The number of nitrogens with two attached hydrogens (primary N) is 1. The van der Waals surface area contributed by atoms with Gasteiger partial charge in [-0.25, -0.2) is 0 Å². The summed E-state index contributed by atoms with van der Waals surface area (Å²) in [4.78, 5) is 0. The molecule has 0 saturated carbocycles. The van der Waals surface area contributed by atoms with Crippen LogP contribution in [-0.4, -0.2) is 19.8 Å². The maximum absolute atomic E-state index is 6.12. The molecule has 0 radical (unpaired) electrons. The number of nitrogens with zero attached hydrogens (tertiary/aromatic N) is 4. The summed E-state index contributed by atoms with van der Waals surface area (Å²) in [6.07, 6.45) is 0. The zero-order valence-electron chi connectivity index (χ0n) is 12.4. The highest BCUT2D eigenvalue weighted by molar-refractivity contribution is 6.29. The Labute approximate surface area is 133 Å². The van der Waals surface area contributed by atoms with E-state index in [4.69, 9.17) is 17.3 Å². The minimum Gasteiger partial charge on any atom is -0.399 e. The van der Waals surface area contributed by atoms with Gasteiger partial charge in [0.2, 0.25) is 5.65 Å². The standard InChI is InChI=1S/C15H17ClN6/c1-9(2)14-19-20-15-12(7-13(16)21-22(14)15)18-8-10-3-5-11(17)6-4-10/h3-7,9,18H,8,17H2,1-2H3. The molecule has 3 N–H and O–H groups in total. The van der Waals surface area contributed by atoms with Crippen molar-refractivity contribution in [2.45, 2.75) is 26.3 Å². The molecule has 1 aromatic carbocycles. The molecule has 0 aliphatic carbocycles. The minimum absolute atomic E-state index is 0.214. The van der Waals surface area contributed by atoms with Crippen LogP contribution in [-0.2, 0) is 6.54 Å². The predicted octanol–water partition coefficient (Wildman–Crippen LogP) is 3.10. The van der Waals surface area contributed by atoms with E-state index in [1.165, 1.54) is 0 Å². The van der Waals surface area contributed by atoms with Crippen LogP contribution in [0.3, 0.4) is 0 Å². The van der Waals surface area contributed by atoms with Gasteiger partial charge in [-0.1, -0.05) is 37.6 Å². The Bertz CT molecular complexity index is 794. The van der Waals surface area contributed by atoms with Gasteiger partial charge in [-0.15, -0.1) is 10.2 Å². The van der Waals surface area contributed by atoms with E-state index in [1.54, 1.807) is 10.6 Å². The number of hydrogen-bond donors (Lipinski definition) is 2. The van der Waals surface area contributed by atoms with E-state index in [2.05, 4.69) is 20.6 Å². The largest absolute Gasteiger partial charge is 0.399 e. The number of rotatable bonds is 4. The second kappa shape index (κ2) is 5.81. The fourth-order valence-electron chi connectivity index (χ4n) is 2.19. The Balaban J connectivity index is 1.91. The molecule has 0 aliphatic heterocycles. The lowest BCUT2D eigenvalue weighted by molar-refractivity contribution is 0.721. The molecule has 0 saturated heterocycles. The van der Waals surface area contributed by atoms with Crippen LogP contribution in [0.2, 0.25) is 5.15 Å². The van der Waals surface area contributed by atoms with Crippen molar-refractivity contribution in [1.29, 1.82) is 0 Å². The van der Waals surface area contributed by atoms with Crippen LogP contribution in [0.15, 0.2) is 30.3 Å². The quantitative estimate of drug-likeness (QED) is 0.723. The molecule has 0 spiro atoms. The fourth-order valence-corrected chi connectivity index (χ4v) is 2.37. The molecule has 0 amide bonds. The molecule has 0 aliphatic rings. The van der Waals surface area contributed by atoms with Crippen molar-refractivity contribution in [3.05, 3.63) is 46.9 Å². The molecular weight excluding hydrogens is 300 g/mol. The maximum Gasteiger partial charge on any atom is 0.201 e. The Morgan fingerprint density at radius 3 is 2.64 bits per heavy atom. The highest BCUT2D eigenvalue weighted by atomic mass is 35.5. The number of nitrogen functional groups attached to an aromatic ring is 1. The maximum atomic E-state index is 6.12. The summed E-state index contributed by atoms with van der Waals surface area (Å²) in [6.45, 7) is 4.72. The molecule has 0 unspecified atom stereocenters. The third kappa shape index (κ3) is 2.82. The van der Waals surface area contributed by atoms with E-state index in [0.29, 0.717) is 17.3 Å². The topological polar surface area (TPSA) is 81.1 Å². The minimum atomic E-state index is 0.214. The first-order chi connectivity index (χ1) is 10.5. The van der Waals surface area contributed by atoms with Crippen molar-refractivity contribution in [2.75, 3.05) is 11.1 Å². The SMILES string of the molecule is CC(C)c1nnc2c(NCc3ccc(N)cc3)cc(Cl)nn12. The van der Waals surface area contributed by atoms with Crippen molar-refractivity contribution in [2.24, 2.45) is 0 Å². The second-order valence-corrected chi connectivity index (χ2v) is 5.81. The summed E-state index contributed by atoms with van der Waals surface area (Å²) < 4.78 is 1.69. The summed E-state index contributed by atoms with van der Waals surface area (Å²) in [5, 5.41) is 16.4. The van der Waals surface area contributed by atoms with Gasteiger partial charge in [0.15, 0.2) is 11.0 Å². The molecule has 2 heterocycles. The van der Waals surface area contributed by atoms with Gasteiger partial charge in [-0.2, -0.15) is 9.61 Å². The fraction of sp³-hybridized carbons (Fsp3) is 0.267. The van der Waals surface area contributed by atoms with E-state index in [-0.39, 0.29) is 5.92 Å². The van der Waals surface area contributed by atoms with Gasteiger partial charge in [-0.05, 0) is 17.7 Å². The molecule has 22 heavy (non-hydrogen) atoms. The lowest BCUT2D eigenvalue weighted by atomic mass is 10.2. The molecule has 7 heteroatoms. The van der Waals surface area contributed by atoms with Crippen LogP contribution in [0.5, 0.6) is 0 Å². The monoisotopic (exact) mass is 316 g/mol. The van der Waals surface area contributed by atoms with Crippen molar-refractivity contribution in [3.8, 4) is 0 Å². The van der Waals surface area contributed by atoms with Crippen molar-refractivity contribution in [1.82, 2.24) is 19.8 Å². The van der Waals surface area contributed by atoms with Gasteiger partial charge < -0.3 is 11.1 Å². The normalized spacial score (nSPS) is 11.3. The average Bonchev–Trinajstić information content (AvgIpc) is 2.90. The molecule has 3 aromatic rings. The first kappa shape index (κ1) is 14.6. The van der Waals surface area contributed by atoms with Crippen LogP contribution in [0.25, 0.3) is 5.65 Å². The van der Waals surface area contributed by atoms with Gasteiger partial charge in [0.1, 0.15) is 0 Å². The number of aromatic nitrogens is 4. The van der Waals surface area contributed by atoms with E-state index in [1.807, 2.05) is 38.1 Å². The zero-order chi connectivity index (χ0) is 15.7. The van der Waals surface area contributed by atoms with Crippen LogP contribution < -0.4 is 11.1 Å².